The first kappa shape index (κ1) is 13.4. The molecule has 0 fully saturated rings. The topological polar surface area (TPSA) is 34.1 Å². The Balaban J connectivity index is 2.12. The van der Waals surface area contributed by atoms with Crippen LogP contribution in [0, 0.1) is 20.8 Å². The lowest BCUT2D eigenvalue weighted by Gasteiger charge is -2.11. The molecular formula is C16H20N2O. The van der Waals surface area contributed by atoms with Crippen molar-refractivity contribution in [3.8, 4) is 5.75 Å². The number of aryl methyl sites for hydroxylation is 3. The number of nitrogens with zero attached hydrogens (tertiary/aromatic N) is 1. The molecule has 2 rings (SSSR count). The Hall–Kier alpha value is -2.03. The average Bonchev–Trinajstić information content (AvgIpc) is 2.37. The third-order valence-corrected chi connectivity index (χ3v) is 3.06. The second-order valence-corrected chi connectivity index (χ2v) is 4.81. The molecule has 3 heteroatoms. The number of nitrogens with one attached hydrogen (secondary N) is 1. The molecule has 0 bridgehead atoms. The van der Waals surface area contributed by atoms with Crippen molar-refractivity contribution in [3.05, 3.63) is 52.8 Å². The summed E-state index contributed by atoms with van der Waals surface area (Å²) in [6.45, 7) is 6.88. The zero-order chi connectivity index (χ0) is 13.8. The SMILES string of the molecule is COc1cc(C)nc(CNc2ccc(C)cc2C)c1. The summed E-state index contributed by atoms with van der Waals surface area (Å²) >= 11 is 0. The molecule has 0 radical (unpaired) electrons. The van der Waals surface area contributed by atoms with Gasteiger partial charge in [-0.2, -0.15) is 0 Å². The molecule has 0 aliphatic rings. The first-order chi connectivity index (χ1) is 9.08. The first-order valence-electron chi connectivity index (χ1n) is 6.41. The molecule has 1 aromatic carbocycles. The zero-order valence-electron chi connectivity index (χ0n) is 11.9. The van der Waals surface area contributed by atoms with E-state index in [9.17, 15) is 0 Å². The summed E-state index contributed by atoms with van der Waals surface area (Å²) in [5, 5.41) is 3.42. The molecule has 3 nitrogen and oxygen atoms in total. The van der Waals surface area contributed by atoms with Gasteiger partial charge in [0.05, 0.1) is 19.3 Å². The zero-order valence-corrected chi connectivity index (χ0v) is 11.9. The van der Waals surface area contributed by atoms with Crippen LogP contribution in [0.3, 0.4) is 0 Å². The minimum absolute atomic E-state index is 0.696. The lowest BCUT2D eigenvalue weighted by atomic mass is 10.1. The van der Waals surface area contributed by atoms with Crippen molar-refractivity contribution in [3.63, 3.8) is 0 Å². The maximum absolute atomic E-state index is 5.26. The standard InChI is InChI=1S/C16H20N2O/c1-11-5-6-16(12(2)7-11)17-10-14-9-15(19-4)8-13(3)18-14/h5-9,17H,10H2,1-4H3. The van der Waals surface area contributed by atoms with Crippen LogP contribution < -0.4 is 10.1 Å². The molecule has 0 spiro atoms. The van der Waals surface area contributed by atoms with E-state index in [1.54, 1.807) is 7.11 Å². The smallest absolute Gasteiger partial charge is 0.122 e. The molecule has 0 aliphatic carbocycles. The van der Waals surface area contributed by atoms with Gasteiger partial charge in [0, 0.05) is 23.5 Å². The van der Waals surface area contributed by atoms with Crippen LogP contribution in [-0.4, -0.2) is 12.1 Å². The Morgan fingerprint density at radius 3 is 2.58 bits per heavy atom. The highest BCUT2D eigenvalue weighted by Gasteiger charge is 2.02. The van der Waals surface area contributed by atoms with E-state index >= 15 is 0 Å². The molecule has 0 unspecified atom stereocenters. The van der Waals surface area contributed by atoms with Gasteiger partial charge in [0.1, 0.15) is 5.75 Å². The van der Waals surface area contributed by atoms with Crippen molar-refractivity contribution in [1.29, 1.82) is 0 Å². The van der Waals surface area contributed by atoms with Gasteiger partial charge in [0.25, 0.3) is 0 Å². The van der Waals surface area contributed by atoms with E-state index in [1.165, 1.54) is 11.1 Å². The van der Waals surface area contributed by atoms with Gasteiger partial charge in [0.2, 0.25) is 0 Å². The van der Waals surface area contributed by atoms with E-state index < -0.39 is 0 Å². The van der Waals surface area contributed by atoms with Crippen LogP contribution >= 0.6 is 0 Å². The minimum atomic E-state index is 0.696. The number of benzene rings is 1. The molecule has 0 atom stereocenters. The first-order valence-corrected chi connectivity index (χ1v) is 6.41. The predicted octanol–water partition coefficient (Wildman–Crippen LogP) is 3.63. The number of methoxy groups -OCH3 is 1. The number of rotatable bonds is 4. The predicted molar refractivity (Wildman–Crippen MR) is 78.8 cm³/mol. The quantitative estimate of drug-likeness (QED) is 0.907. The van der Waals surface area contributed by atoms with E-state index in [2.05, 4.69) is 42.3 Å². The monoisotopic (exact) mass is 256 g/mol. The fourth-order valence-corrected chi connectivity index (χ4v) is 2.11. The number of ether oxygens (including phenoxy) is 1. The highest BCUT2D eigenvalue weighted by atomic mass is 16.5. The van der Waals surface area contributed by atoms with Crippen LogP contribution in [-0.2, 0) is 6.54 Å². The van der Waals surface area contributed by atoms with Crippen LogP contribution in [0.15, 0.2) is 30.3 Å². The molecule has 1 N–H and O–H groups in total. The van der Waals surface area contributed by atoms with Crippen molar-refractivity contribution < 1.29 is 4.74 Å². The van der Waals surface area contributed by atoms with Crippen molar-refractivity contribution in [2.75, 3.05) is 12.4 Å². The molecule has 0 amide bonds. The van der Waals surface area contributed by atoms with Crippen LogP contribution in [0.5, 0.6) is 5.75 Å². The Morgan fingerprint density at radius 1 is 1.11 bits per heavy atom. The second-order valence-electron chi connectivity index (χ2n) is 4.81. The summed E-state index contributed by atoms with van der Waals surface area (Å²) in [5.41, 5.74) is 5.62. The van der Waals surface area contributed by atoms with Gasteiger partial charge in [-0.05, 0) is 32.4 Å². The summed E-state index contributed by atoms with van der Waals surface area (Å²) in [4.78, 5) is 4.50. The van der Waals surface area contributed by atoms with Gasteiger partial charge >= 0.3 is 0 Å². The fourth-order valence-electron chi connectivity index (χ4n) is 2.11. The van der Waals surface area contributed by atoms with E-state index in [1.807, 2.05) is 19.1 Å². The fraction of sp³-hybridized carbons (Fsp3) is 0.312. The van der Waals surface area contributed by atoms with Crippen LogP contribution in [0.1, 0.15) is 22.5 Å². The number of hydrogen-bond acceptors (Lipinski definition) is 3. The van der Waals surface area contributed by atoms with Crippen molar-refractivity contribution in [1.82, 2.24) is 4.98 Å². The molecule has 1 aromatic heterocycles. The van der Waals surface area contributed by atoms with Gasteiger partial charge < -0.3 is 10.1 Å². The molecular weight excluding hydrogens is 236 g/mol. The van der Waals surface area contributed by atoms with Crippen molar-refractivity contribution >= 4 is 5.69 Å². The normalized spacial score (nSPS) is 10.3. The Bertz CT molecular complexity index is 579. The summed E-state index contributed by atoms with van der Waals surface area (Å²) < 4.78 is 5.26. The summed E-state index contributed by atoms with van der Waals surface area (Å²) in [6.07, 6.45) is 0. The molecule has 0 saturated heterocycles. The van der Waals surface area contributed by atoms with E-state index in [-0.39, 0.29) is 0 Å². The molecule has 100 valence electrons. The van der Waals surface area contributed by atoms with Crippen molar-refractivity contribution in [2.24, 2.45) is 0 Å². The van der Waals surface area contributed by atoms with Gasteiger partial charge in [-0.15, -0.1) is 0 Å². The van der Waals surface area contributed by atoms with Crippen LogP contribution in [0.4, 0.5) is 5.69 Å². The average molecular weight is 256 g/mol. The van der Waals surface area contributed by atoms with Gasteiger partial charge in [0.15, 0.2) is 0 Å². The Morgan fingerprint density at radius 2 is 1.89 bits per heavy atom. The third kappa shape index (κ3) is 3.47. The maximum Gasteiger partial charge on any atom is 0.122 e. The van der Waals surface area contributed by atoms with Gasteiger partial charge in [-0.25, -0.2) is 0 Å². The van der Waals surface area contributed by atoms with Gasteiger partial charge in [-0.3, -0.25) is 4.98 Å². The lowest BCUT2D eigenvalue weighted by Crippen LogP contribution is -2.04. The number of pyridine rings is 1. The summed E-state index contributed by atoms with van der Waals surface area (Å²) in [6, 6.07) is 10.3. The molecule has 0 saturated carbocycles. The molecule has 1 heterocycles. The largest absolute Gasteiger partial charge is 0.497 e. The van der Waals surface area contributed by atoms with Crippen LogP contribution in [0.2, 0.25) is 0 Å². The summed E-state index contributed by atoms with van der Waals surface area (Å²) in [5.74, 6) is 0.852. The van der Waals surface area contributed by atoms with E-state index in [0.717, 1.165) is 22.8 Å². The minimum Gasteiger partial charge on any atom is -0.497 e. The molecule has 19 heavy (non-hydrogen) atoms. The molecule has 0 aliphatic heterocycles. The summed E-state index contributed by atoms with van der Waals surface area (Å²) in [7, 11) is 1.68. The van der Waals surface area contributed by atoms with E-state index in [0.29, 0.717) is 6.54 Å². The van der Waals surface area contributed by atoms with Gasteiger partial charge in [-0.1, -0.05) is 17.7 Å². The lowest BCUT2D eigenvalue weighted by molar-refractivity contribution is 0.413. The third-order valence-electron chi connectivity index (χ3n) is 3.06. The number of aromatic nitrogens is 1. The second kappa shape index (κ2) is 5.74. The maximum atomic E-state index is 5.26. The highest BCUT2D eigenvalue weighted by Crippen LogP contribution is 2.18. The van der Waals surface area contributed by atoms with Crippen molar-refractivity contribution in [2.45, 2.75) is 27.3 Å². The Labute approximate surface area is 114 Å². The highest BCUT2D eigenvalue weighted by molar-refractivity contribution is 5.52. The number of anilines is 1. The van der Waals surface area contributed by atoms with E-state index in [4.69, 9.17) is 4.74 Å². The Kier molecular flexibility index (Phi) is 4.05. The molecule has 2 aromatic rings. The van der Waals surface area contributed by atoms with Crippen LogP contribution in [0.25, 0.3) is 0 Å². The number of hydrogen-bond donors (Lipinski definition) is 1.